The van der Waals surface area contributed by atoms with Crippen molar-refractivity contribution in [3.8, 4) is 0 Å². The summed E-state index contributed by atoms with van der Waals surface area (Å²) >= 11 is 31.4. The van der Waals surface area contributed by atoms with Crippen molar-refractivity contribution >= 4 is 58.0 Å². The van der Waals surface area contributed by atoms with Crippen LogP contribution in [0.15, 0.2) is 24.3 Å². The lowest BCUT2D eigenvalue weighted by Gasteiger charge is -2.59. The molecule has 0 bridgehead atoms. The molecular weight excluding hydrogens is 309 g/mol. The quantitative estimate of drug-likeness (QED) is 0.610. The number of alkyl halides is 5. The molecular formula is C11H7Cl5. The van der Waals surface area contributed by atoms with Gasteiger partial charge in [-0.3, -0.25) is 0 Å². The first-order chi connectivity index (χ1) is 7.32. The fraction of sp³-hybridized carbons (Fsp3) is 0.455. The van der Waals surface area contributed by atoms with E-state index < -0.39 is 13.5 Å². The summed E-state index contributed by atoms with van der Waals surface area (Å²) in [5.41, 5.74) is 2.18. The largest absolute Gasteiger partial charge is 0.171 e. The second-order valence-electron chi connectivity index (χ2n) is 4.37. The Kier molecular flexibility index (Phi) is 2.32. The highest BCUT2D eigenvalue weighted by Crippen LogP contribution is 2.76. The van der Waals surface area contributed by atoms with E-state index in [1.54, 1.807) is 0 Å². The molecule has 0 amide bonds. The van der Waals surface area contributed by atoms with E-state index in [-0.39, 0.29) is 5.92 Å². The van der Waals surface area contributed by atoms with Crippen LogP contribution in [0.5, 0.6) is 0 Å². The summed E-state index contributed by atoms with van der Waals surface area (Å²) in [7, 11) is 0. The Hall–Kier alpha value is 0.670. The van der Waals surface area contributed by atoms with Gasteiger partial charge in [-0.2, -0.15) is 0 Å². The van der Waals surface area contributed by atoms with Gasteiger partial charge in [-0.1, -0.05) is 70.7 Å². The summed E-state index contributed by atoms with van der Waals surface area (Å²) in [6.07, 6.45) is 0.601. The van der Waals surface area contributed by atoms with E-state index in [4.69, 9.17) is 58.0 Å². The molecule has 16 heavy (non-hydrogen) atoms. The molecule has 0 aliphatic heterocycles. The van der Waals surface area contributed by atoms with Gasteiger partial charge in [0.15, 0.2) is 8.67 Å². The fourth-order valence-electron chi connectivity index (χ4n) is 2.76. The molecule has 86 valence electrons. The highest BCUT2D eigenvalue weighted by atomic mass is 35.5. The Morgan fingerprint density at radius 3 is 2.31 bits per heavy atom. The molecule has 2 aliphatic carbocycles. The Morgan fingerprint density at radius 1 is 1.00 bits per heavy atom. The normalized spacial score (nSPS) is 37.4. The lowest BCUT2D eigenvalue weighted by Crippen LogP contribution is -2.70. The van der Waals surface area contributed by atoms with E-state index in [1.165, 1.54) is 0 Å². The zero-order chi connectivity index (χ0) is 11.8. The van der Waals surface area contributed by atoms with Crippen molar-refractivity contribution in [3.05, 3.63) is 35.4 Å². The minimum absolute atomic E-state index is 0.212. The summed E-state index contributed by atoms with van der Waals surface area (Å²) in [4.78, 5) is -0.788. The van der Waals surface area contributed by atoms with E-state index in [1.807, 2.05) is 24.3 Å². The number of hydrogen-bond donors (Lipinski definition) is 0. The molecule has 0 spiro atoms. The average Bonchev–Trinajstić information content (AvgIpc) is 2.49. The Morgan fingerprint density at radius 2 is 1.62 bits per heavy atom. The van der Waals surface area contributed by atoms with Crippen molar-refractivity contribution in [2.24, 2.45) is 0 Å². The first kappa shape index (κ1) is 11.7. The topological polar surface area (TPSA) is 0 Å². The number of halogens is 5. The molecule has 0 aromatic heterocycles. The van der Waals surface area contributed by atoms with Crippen LogP contribution in [0.4, 0.5) is 0 Å². The predicted octanol–water partition coefficient (Wildman–Crippen LogP) is 4.67. The SMILES string of the molecule is ClC1(Cl)[C@H]2c3ccccc3C[C@@]2(Cl)C1(Cl)Cl. The first-order valence-electron chi connectivity index (χ1n) is 4.85. The standard InChI is InChI=1S/C11H7Cl5/c12-9-5-6-3-1-2-4-7(6)8(9)10(13,14)11(9,15)16/h1-4,8H,5H2/t8-,9-/m0/s1. The predicted molar refractivity (Wildman–Crippen MR) is 70.3 cm³/mol. The summed E-state index contributed by atoms with van der Waals surface area (Å²) in [6.45, 7) is 0. The second-order valence-corrected chi connectivity index (χ2v) is 7.76. The molecule has 1 saturated carbocycles. The molecule has 0 nitrogen and oxygen atoms in total. The lowest BCUT2D eigenvalue weighted by molar-refractivity contribution is 0.265. The van der Waals surface area contributed by atoms with Gasteiger partial charge in [0.1, 0.15) is 0 Å². The first-order valence-corrected chi connectivity index (χ1v) is 6.74. The molecule has 0 radical (unpaired) electrons. The van der Waals surface area contributed by atoms with Crippen molar-refractivity contribution in [1.29, 1.82) is 0 Å². The van der Waals surface area contributed by atoms with Crippen molar-refractivity contribution in [2.45, 2.75) is 25.9 Å². The average molecular weight is 316 g/mol. The summed E-state index contributed by atoms with van der Waals surface area (Å²) in [6, 6.07) is 7.88. The van der Waals surface area contributed by atoms with Gasteiger partial charge in [0.05, 0.1) is 4.87 Å². The van der Waals surface area contributed by atoms with E-state index >= 15 is 0 Å². The van der Waals surface area contributed by atoms with Crippen LogP contribution in [-0.4, -0.2) is 13.5 Å². The van der Waals surface area contributed by atoms with Gasteiger partial charge in [0, 0.05) is 5.92 Å². The fourth-order valence-corrected chi connectivity index (χ4v) is 5.06. The highest BCUT2D eigenvalue weighted by molar-refractivity contribution is 6.68. The maximum Gasteiger partial charge on any atom is 0.171 e. The van der Waals surface area contributed by atoms with Crippen LogP contribution in [-0.2, 0) is 6.42 Å². The molecule has 0 saturated heterocycles. The summed E-state index contributed by atoms with van der Waals surface area (Å²) in [5.74, 6) is -0.212. The van der Waals surface area contributed by atoms with Crippen LogP contribution in [0.25, 0.3) is 0 Å². The monoisotopic (exact) mass is 314 g/mol. The van der Waals surface area contributed by atoms with Gasteiger partial charge < -0.3 is 0 Å². The number of benzene rings is 1. The lowest BCUT2D eigenvalue weighted by atomic mass is 9.71. The third-order valence-electron chi connectivity index (χ3n) is 3.57. The van der Waals surface area contributed by atoms with Gasteiger partial charge in [-0.25, -0.2) is 0 Å². The van der Waals surface area contributed by atoms with Gasteiger partial charge in [0.2, 0.25) is 0 Å². The third kappa shape index (κ3) is 1.07. The number of rotatable bonds is 0. The molecule has 0 heterocycles. The van der Waals surface area contributed by atoms with Crippen molar-refractivity contribution in [1.82, 2.24) is 0 Å². The van der Waals surface area contributed by atoms with E-state index in [2.05, 4.69) is 0 Å². The van der Waals surface area contributed by atoms with E-state index in [0.717, 1.165) is 11.1 Å². The molecule has 2 aliphatic rings. The molecule has 1 fully saturated rings. The summed E-state index contributed by atoms with van der Waals surface area (Å²) < 4.78 is -2.56. The van der Waals surface area contributed by atoms with Crippen LogP contribution in [0, 0.1) is 0 Å². The highest BCUT2D eigenvalue weighted by Gasteiger charge is 2.81. The van der Waals surface area contributed by atoms with Crippen LogP contribution in [0.1, 0.15) is 17.0 Å². The van der Waals surface area contributed by atoms with E-state index in [9.17, 15) is 0 Å². The van der Waals surface area contributed by atoms with Crippen LogP contribution < -0.4 is 0 Å². The molecule has 0 unspecified atom stereocenters. The van der Waals surface area contributed by atoms with Crippen LogP contribution in [0.3, 0.4) is 0 Å². The second kappa shape index (κ2) is 3.16. The van der Waals surface area contributed by atoms with Crippen LogP contribution >= 0.6 is 58.0 Å². The smallest absolute Gasteiger partial charge is 0.115 e. The molecule has 2 atom stereocenters. The van der Waals surface area contributed by atoms with Crippen molar-refractivity contribution < 1.29 is 0 Å². The van der Waals surface area contributed by atoms with Crippen molar-refractivity contribution in [3.63, 3.8) is 0 Å². The van der Waals surface area contributed by atoms with Gasteiger partial charge >= 0.3 is 0 Å². The molecule has 1 aromatic carbocycles. The Balaban J connectivity index is 2.18. The number of fused-ring (bicyclic) bond motifs is 3. The number of hydrogen-bond acceptors (Lipinski definition) is 0. The molecule has 0 N–H and O–H groups in total. The summed E-state index contributed by atoms with van der Waals surface area (Å²) in [5, 5.41) is 0. The van der Waals surface area contributed by atoms with Gasteiger partial charge in [-0.05, 0) is 17.5 Å². The Bertz CT molecular complexity index is 467. The molecule has 3 rings (SSSR count). The molecule has 1 aromatic rings. The van der Waals surface area contributed by atoms with Gasteiger partial charge in [0.25, 0.3) is 0 Å². The minimum atomic E-state index is -1.33. The van der Waals surface area contributed by atoms with Gasteiger partial charge in [-0.15, -0.1) is 11.6 Å². The van der Waals surface area contributed by atoms with E-state index in [0.29, 0.717) is 6.42 Å². The molecule has 5 heteroatoms. The van der Waals surface area contributed by atoms with Crippen molar-refractivity contribution in [2.75, 3.05) is 0 Å². The zero-order valence-corrected chi connectivity index (χ0v) is 11.8. The Labute approximate surface area is 119 Å². The zero-order valence-electron chi connectivity index (χ0n) is 7.98. The maximum atomic E-state index is 6.51. The minimum Gasteiger partial charge on any atom is -0.115 e. The third-order valence-corrected chi connectivity index (χ3v) is 7.06. The van der Waals surface area contributed by atoms with Crippen LogP contribution in [0.2, 0.25) is 0 Å². The maximum absolute atomic E-state index is 6.51.